The quantitative estimate of drug-likeness (QED) is 0.194. The first-order valence-electron chi connectivity index (χ1n) is 14.7. The number of carbonyl (C=O) groups is 1. The summed E-state index contributed by atoms with van der Waals surface area (Å²) in [5, 5.41) is 26.9. The van der Waals surface area contributed by atoms with Crippen LogP contribution in [0.1, 0.15) is 38.3 Å². The number of benzene rings is 1. The maximum absolute atomic E-state index is 12.8. The number of nitriles is 1. The highest BCUT2D eigenvalue weighted by molar-refractivity contribution is 7.97. The molecule has 14 heteroatoms. The van der Waals surface area contributed by atoms with Crippen LogP contribution in [-0.4, -0.2) is 67.4 Å². The number of anilines is 1. The minimum absolute atomic E-state index is 0.287. The number of aromatic nitrogens is 3. The largest absolute Gasteiger partial charge is 0.444 e. The summed E-state index contributed by atoms with van der Waals surface area (Å²) in [6.45, 7) is 7.14. The molecule has 1 aliphatic rings. The molecular weight excluding hydrogens is 619 g/mol. The summed E-state index contributed by atoms with van der Waals surface area (Å²) in [5.41, 5.74) is 1.49. The van der Waals surface area contributed by atoms with Gasteiger partial charge >= 0.3 is 12.3 Å². The van der Waals surface area contributed by atoms with Crippen LogP contribution in [0.25, 0.3) is 22.2 Å². The van der Waals surface area contributed by atoms with Crippen LogP contribution in [0.3, 0.4) is 0 Å². The topological polar surface area (TPSA) is 128 Å². The Kier molecular flexibility index (Phi) is 9.76. The van der Waals surface area contributed by atoms with E-state index in [9.17, 15) is 28.3 Å². The maximum atomic E-state index is 12.8. The predicted molar refractivity (Wildman–Crippen MR) is 169 cm³/mol. The third kappa shape index (κ3) is 8.28. The van der Waals surface area contributed by atoms with E-state index in [4.69, 9.17) is 4.74 Å². The van der Waals surface area contributed by atoms with E-state index in [-0.39, 0.29) is 11.9 Å². The first kappa shape index (κ1) is 33.1. The predicted octanol–water partition coefficient (Wildman–Crippen LogP) is 6.07. The van der Waals surface area contributed by atoms with Gasteiger partial charge in [0.1, 0.15) is 23.1 Å². The molecule has 0 saturated carbocycles. The van der Waals surface area contributed by atoms with Crippen molar-refractivity contribution in [3.05, 3.63) is 72.2 Å². The Balaban J connectivity index is 1.17. The van der Waals surface area contributed by atoms with Crippen molar-refractivity contribution in [3.63, 3.8) is 0 Å². The van der Waals surface area contributed by atoms with Gasteiger partial charge in [-0.3, -0.25) is 0 Å². The zero-order valence-electron chi connectivity index (χ0n) is 25.5. The number of halogens is 3. The monoisotopic (exact) mass is 653 g/mol. The molecule has 1 fully saturated rings. The van der Waals surface area contributed by atoms with Crippen LogP contribution in [0.5, 0.6) is 0 Å². The molecule has 1 amide bonds. The van der Waals surface area contributed by atoms with Gasteiger partial charge in [-0.25, -0.2) is 19.1 Å². The molecule has 0 aliphatic carbocycles. The van der Waals surface area contributed by atoms with Gasteiger partial charge in [-0.05, 0) is 75.0 Å². The maximum Gasteiger partial charge on any atom is 0.417 e. The Morgan fingerprint density at radius 3 is 2.52 bits per heavy atom. The fourth-order valence-corrected chi connectivity index (χ4v) is 6.01. The van der Waals surface area contributed by atoms with E-state index in [1.54, 1.807) is 33.2 Å². The van der Waals surface area contributed by atoms with Crippen molar-refractivity contribution in [2.75, 3.05) is 25.0 Å². The summed E-state index contributed by atoms with van der Waals surface area (Å²) >= 11 is 1.51. The smallest absolute Gasteiger partial charge is 0.417 e. The van der Waals surface area contributed by atoms with Crippen LogP contribution in [0, 0.1) is 11.3 Å². The molecule has 3 N–H and O–H groups in total. The third-order valence-electron chi connectivity index (χ3n) is 7.25. The molecule has 3 aromatic heterocycles. The highest BCUT2D eigenvalue weighted by atomic mass is 32.2. The molecule has 46 heavy (non-hydrogen) atoms. The molecule has 0 bridgehead atoms. The van der Waals surface area contributed by atoms with Gasteiger partial charge < -0.3 is 25.0 Å². The van der Waals surface area contributed by atoms with E-state index in [1.165, 1.54) is 18.0 Å². The molecule has 0 radical (unpaired) electrons. The van der Waals surface area contributed by atoms with Crippen molar-refractivity contribution in [3.8, 4) is 17.2 Å². The van der Waals surface area contributed by atoms with Crippen molar-refractivity contribution < 1.29 is 27.8 Å². The van der Waals surface area contributed by atoms with Crippen LogP contribution >= 0.6 is 11.9 Å². The summed E-state index contributed by atoms with van der Waals surface area (Å²) in [6.07, 6.45) is -0.850. The molecule has 1 aromatic carbocycles. The number of hydrogen-bond acceptors (Lipinski definition) is 9. The number of alkyl halides is 3. The summed E-state index contributed by atoms with van der Waals surface area (Å²) in [6, 6.07) is 14.0. The van der Waals surface area contributed by atoms with Crippen LogP contribution in [0.4, 0.5) is 23.8 Å². The number of nitrogens with zero attached hydrogens (tertiary/aromatic N) is 5. The minimum atomic E-state index is -4.45. The molecule has 0 spiro atoms. The van der Waals surface area contributed by atoms with Gasteiger partial charge in [0, 0.05) is 60.6 Å². The SMILES string of the molecule is CC(C)(C)OC(=O)NCCn1cc(C#N)c2cc(-c3ccc(SN4CC[C@@H](Nc5ccc(C(F)(F)F)cn5)[C@@H](O)C4)cc3)cnc21. The fraction of sp³-hybridized carbons (Fsp3) is 0.375. The van der Waals surface area contributed by atoms with Gasteiger partial charge in [0.15, 0.2) is 0 Å². The fourth-order valence-electron chi connectivity index (χ4n) is 5.03. The molecule has 242 valence electrons. The van der Waals surface area contributed by atoms with Gasteiger partial charge in [0.2, 0.25) is 0 Å². The van der Waals surface area contributed by atoms with Crippen LogP contribution in [0.2, 0.25) is 0 Å². The number of pyridine rings is 2. The number of nitrogens with one attached hydrogen (secondary N) is 2. The second-order valence-electron chi connectivity index (χ2n) is 11.9. The highest BCUT2D eigenvalue weighted by Crippen LogP contribution is 2.32. The molecule has 4 aromatic rings. The van der Waals surface area contributed by atoms with Crippen molar-refractivity contribution in [2.24, 2.45) is 0 Å². The minimum Gasteiger partial charge on any atom is -0.444 e. The zero-order chi connectivity index (χ0) is 33.1. The van der Waals surface area contributed by atoms with Crippen molar-refractivity contribution in [1.82, 2.24) is 24.2 Å². The van der Waals surface area contributed by atoms with Gasteiger partial charge in [-0.2, -0.15) is 18.4 Å². The van der Waals surface area contributed by atoms with E-state index < -0.39 is 29.5 Å². The van der Waals surface area contributed by atoms with E-state index in [2.05, 4.69) is 26.7 Å². The molecule has 1 saturated heterocycles. The van der Waals surface area contributed by atoms with Crippen molar-refractivity contribution >= 4 is 34.9 Å². The van der Waals surface area contributed by atoms with Crippen LogP contribution in [-0.2, 0) is 17.5 Å². The molecule has 4 heterocycles. The number of fused-ring (bicyclic) bond motifs is 1. The lowest BCUT2D eigenvalue weighted by Crippen LogP contribution is -2.47. The van der Waals surface area contributed by atoms with Gasteiger partial charge in [0.25, 0.3) is 0 Å². The van der Waals surface area contributed by atoms with Gasteiger partial charge in [0.05, 0.1) is 23.3 Å². The number of carbonyl (C=O) groups excluding carboxylic acids is 1. The molecule has 10 nitrogen and oxygen atoms in total. The van der Waals surface area contributed by atoms with Crippen LogP contribution in [0.15, 0.2) is 66.0 Å². The molecule has 1 aliphatic heterocycles. The number of rotatable bonds is 8. The average Bonchev–Trinajstić information content (AvgIpc) is 3.35. The summed E-state index contributed by atoms with van der Waals surface area (Å²) in [5.74, 6) is 0.287. The first-order chi connectivity index (χ1) is 21.8. The lowest BCUT2D eigenvalue weighted by atomic mass is 10.0. The lowest BCUT2D eigenvalue weighted by Gasteiger charge is -2.35. The molecule has 2 atom stereocenters. The highest BCUT2D eigenvalue weighted by Gasteiger charge is 2.32. The number of aliphatic hydroxyl groups is 1. The van der Waals surface area contributed by atoms with Crippen molar-refractivity contribution in [2.45, 2.75) is 62.6 Å². The normalized spacial score (nSPS) is 17.4. The summed E-state index contributed by atoms with van der Waals surface area (Å²) in [7, 11) is 0. The Morgan fingerprint density at radius 1 is 1.13 bits per heavy atom. The zero-order valence-corrected chi connectivity index (χ0v) is 26.3. The average molecular weight is 654 g/mol. The number of piperidine rings is 1. The first-order valence-corrected chi connectivity index (χ1v) is 15.4. The number of β-amino-alcohol motifs (C(OH)–C–C–N with tert-alkyl or cyclic N) is 1. The van der Waals surface area contributed by atoms with Crippen LogP contribution < -0.4 is 10.6 Å². The molecule has 5 rings (SSSR count). The van der Waals surface area contributed by atoms with E-state index in [1.807, 2.05) is 39.2 Å². The Hall–Kier alpha value is -4.32. The Labute approximate surface area is 268 Å². The Bertz CT molecular complexity index is 1720. The number of alkyl carbamates (subject to hydrolysis) is 1. The number of aliphatic hydroxyl groups excluding tert-OH is 1. The number of hydrogen-bond donors (Lipinski definition) is 3. The van der Waals surface area contributed by atoms with E-state index in [0.29, 0.717) is 49.2 Å². The number of ether oxygens (including phenoxy) is 1. The second-order valence-corrected chi connectivity index (χ2v) is 13.1. The molecular formula is C32H34F3N7O3S. The Morgan fingerprint density at radius 2 is 1.89 bits per heavy atom. The van der Waals surface area contributed by atoms with E-state index >= 15 is 0 Å². The van der Waals surface area contributed by atoms with Crippen molar-refractivity contribution in [1.29, 1.82) is 5.26 Å². The summed E-state index contributed by atoms with van der Waals surface area (Å²) < 4.78 is 47.6. The third-order valence-corrected chi connectivity index (χ3v) is 8.32. The van der Waals surface area contributed by atoms with Gasteiger partial charge in [-0.15, -0.1) is 0 Å². The van der Waals surface area contributed by atoms with E-state index in [0.717, 1.165) is 28.3 Å². The number of amides is 1. The second kappa shape index (κ2) is 13.6. The van der Waals surface area contributed by atoms with Gasteiger partial charge in [-0.1, -0.05) is 12.1 Å². The lowest BCUT2D eigenvalue weighted by molar-refractivity contribution is -0.137. The standard InChI is InChI=1S/C32H34F3N7O3S/c1-31(2,3)45-30(44)37-11-13-41-18-22(15-36)25-14-21(16-39-29(25)41)20-4-7-24(8-5-20)46-42-12-10-26(27(43)19-42)40-28-9-6-23(17-38-28)32(33,34)35/h4-9,14,16-18,26-27,43H,10-13,19H2,1-3H3,(H,37,44)(H,38,40)/t26-,27+/m1/s1. The molecule has 0 unspecified atom stereocenters. The summed E-state index contributed by atoms with van der Waals surface area (Å²) in [4.78, 5) is 21.4.